The van der Waals surface area contributed by atoms with Gasteiger partial charge in [0, 0.05) is 53.2 Å². The third kappa shape index (κ3) is 5.56. The highest BCUT2D eigenvalue weighted by Gasteiger charge is 2.20. The number of nitrogens with zero attached hydrogens (tertiary/aromatic N) is 3. The van der Waals surface area contributed by atoms with Crippen molar-refractivity contribution in [1.29, 1.82) is 0 Å². The first-order valence-corrected chi connectivity index (χ1v) is 19.5. The van der Waals surface area contributed by atoms with Crippen molar-refractivity contribution in [2.45, 2.75) is 0 Å². The molecule has 11 aromatic rings. The van der Waals surface area contributed by atoms with Crippen molar-refractivity contribution in [2.75, 3.05) is 0 Å². The summed E-state index contributed by atoms with van der Waals surface area (Å²) in [5.41, 5.74) is 11.2. The van der Waals surface area contributed by atoms with Gasteiger partial charge in [-0.05, 0) is 64.2 Å². The molecule has 5 heteroatoms. The van der Waals surface area contributed by atoms with Gasteiger partial charge in [-0.1, -0.05) is 152 Å². The highest BCUT2D eigenvalue weighted by atomic mass is 32.1. The zero-order chi connectivity index (χ0) is 37.0. The fourth-order valence-electron chi connectivity index (χ4n) is 7.83. The predicted octanol–water partition coefficient (Wildman–Crippen LogP) is 14.1. The van der Waals surface area contributed by atoms with Crippen LogP contribution in [0.3, 0.4) is 0 Å². The lowest BCUT2D eigenvalue weighted by molar-refractivity contribution is 0.670. The Morgan fingerprint density at radius 2 is 0.911 bits per heavy atom. The van der Waals surface area contributed by atoms with Gasteiger partial charge in [0.15, 0.2) is 17.5 Å². The fourth-order valence-corrected chi connectivity index (χ4v) is 9.00. The van der Waals surface area contributed by atoms with Crippen LogP contribution in [0.2, 0.25) is 0 Å². The van der Waals surface area contributed by atoms with Gasteiger partial charge in [0.2, 0.25) is 0 Å². The van der Waals surface area contributed by atoms with Crippen LogP contribution in [0.25, 0.3) is 110 Å². The summed E-state index contributed by atoms with van der Waals surface area (Å²) >= 11 is 1.84. The van der Waals surface area contributed by atoms with Crippen LogP contribution in [0.1, 0.15) is 0 Å². The number of hydrogen-bond donors (Lipinski definition) is 0. The number of furan rings is 1. The second kappa shape index (κ2) is 13.3. The number of aromatic nitrogens is 3. The number of thiophene rings is 1. The average molecular weight is 734 g/mol. The van der Waals surface area contributed by atoms with E-state index in [-0.39, 0.29) is 0 Å². The number of hydrogen-bond acceptors (Lipinski definition) is 5. The third-order valence-corrected chi connectivity index (χ3v) is 11.6. The van der Waals surface area contributed by atoms with Crippen molar-refractivity contribution in [2.24, 2.45) is 0 Å². The Morgan fingerprint density at radius 3 is 1.66 bits per heavy atom. The van der Waals surface area contributed by atoms with Gasteiger partial charge in [-0.2, -0.15) is 0 Å². The molecule has 0 aliphatic carbocycles. The molecule has 56 heavy (non-hydrogen) atoms. The minimum atomic E-state index is 0.587. The van der Waals surface area contributed by atoms with E-state index in [0.717, 1.165) is 60.9 Å². The van der Waals surface area contributed by atoms with Gasteiger partial charge in [0.05, 0.1) is 0 Å². The maximum atomic E-state index is 6.91. The molecule has 3 aromatic heterocycles. The van der Waals surface area contributed by atoms with Gasteiger partial charge in [-0.25, -0.2) is 15.0 Å². The van der Waals surface area contributed by atoms with Crippen LogP contribution in [0.4, 0.5) is 0 Å². The maximum Gasteiger partial charge on any atom is 0.164 e. The van der Waals surface area contributed by atoms with Crippen LogP contribution in [0.5, 0.6) is 0 Å². The first kappa shape index (κ1) is 32.2. The molecular weight excluding hydrogens is 703 g/mol. The number of para-hydroxylation sites is 1. The van der Waals surface area contributed by atoms with Crippen LogP contribution in [-0.4, -0.2) is 15.0 Å². The summed E-state index contributed by atoms with van der Waals surface area (Å²) in [5, 5.41) is 4.62. The monoisotopic (exact) mass is 733 g/mol. The zero-order valence-corrected chi connectivity index (χ0v) is 30.9. The summed E-state index contributed by atoms with van der Waals surface area (Å²) in [6.07, 6.45) is 0. The van der Waals surface area contributed by atoms with Gasteiger partial charge in [-0.15, -0.1) is 11.3 Å². The lowest BCUT2D eigenvalue weighted by Gasteiger charge is -2.10. The molecule has 3 heterocycles. The fraction of sp³-hybridized carbons (Fsp3) is 0. The van der Waals surface area contributed by atoms with Gasteiger partial charge in [0.25, 0.3) is 0 Å². The molecule has 0 saturated heterocycles. The number of rotatable bonds is 6. The summed E-state index contributed by atoms with van der Waals surface area (Å²) in [6.45, 7) is 0. The lowest BCUT2D eigenvalue weighted by atomic mass is 9.93. The quantitative estimate of drug-likeness (QED) is 0.171. The van der Waals surface area contributed by atoms with Crippen molar-refractivity contribution in [3.8, 4) is 67.5 Å². The standard InChI is InChI=1S/C51H31N3OS/c1-4-14-32(15-5-1)35-20-12-21-36(28-35)50-52-49(34-18-8-3-9-19-34)53-51(54-50)37-26-27-39-40-23-13-24-41(48(40)55-44(39)30-37)43-29-38(33-16-6-2-7-17-33)31-46-47(43)42-22-10-11-25-45(42)56-46/h1-31H. The van der Waals surface area contributed by atoms with E-state index < -0.39 is 0 Å². The summed E-state index contributed by atoms with van der Waals surface area (Å²) in [6, 6.07) is 65.6. The summed E-state index contributed by atoms with van der Waals surface area (Å²) in [4.78, 5) is 15.1. The normalized spacial score (nSPS) is 11.6. The molecule has 0 saturated carbocycles. The van der Waals surface area contributed by atoms with Crippen molar-refractivity contribution < 1.29 is 4.42 Å². The minimum Gasteiger partial charge on any atom is -0.455 e. The molecular formula is C51H31N3OS. The third-order valence-electron chi connectivity index (χ3n) is 10.5. The largest absolute Gasteiger partial charge is 0.455 e. The first-order chi connectivity index (χ1) is 27.7. The molecule has 0 amide bonds. The molecule has 0 fully saturated rings. The van der Waals surface area contributed by atoms with E-state index in [1.807, 2.05) is 47.7 Å². The van der Waals surface area contributed by atoms with Crippen molar-refractivity contribution >= 4 is 53.4 Å². The molecule has 0 bridgehead atoms. The first-order valence-electron chi connectivity index (χ1n) is 18.7. The maximum absolute atomic E-state index is 6.91. The zero-order valence-electron chi connectivity index (χ0n) is 30.1. The van der Waals surface area contributed by atoms with Crippen LogP contribution in [-0.2, 0) is 0 Å². The molecule has 0 N–H and O–H groups in total. The van der Waals surface area contributed by atoms with Crippen LogP contribution < -0.4 is 0 Å². The highest BCUT2D eigenvalue weighted by molar-refractivity contribution is 7.26. The van der Waals surface area contributed by atoms with E-state index >= 15 is 0 Å². The van der Waals surface area contributed by atoms with E-state index in [1.54, 1.807) is 0 Å². The molecule has 4 nitrogen and oxygen atoms in total. The van der Waals surface area contributed by atoms with E-state index in [9.17, 15) is 0 Å². The molecule has 0 aliphatic rings. The molecule has 0 aliphatic heterocycles. The Kier molecular flexibility index (Phi) is 7.64. The van der Waals surface area contributed by atoms with E-state index in [0.29, 0.717) is 17.5 Å². The van der Waals surface area contributed by atoms with Gasteiger partial charge >= 0.3 is 0 Å². The van der Waals surface area contributed by atoms with E-state index in [2.05, 4.69) is 152 Å². The molecule has 0 atom stereocenters. The van der Waals surface area contributed by atoms with Crippen LogP contribution in [0.15, 0.2) is 192 Å². The summed E-state index contributed by atoms with van der Waals surface area (Å²) in [5.74, 6) is 1.82. The second-order valence-corrected chi connectivity index (χ2v) is 15.1. The summed E-state index contributed by atoms with van der Waals surface area (Å²) in [7, 11) is 0. The topological polar surface area (TPSA) is 51.8 Å². The smallest absolute Gasteiger partial charge is 0.164 e. The van der Waals surface area contributed by atoms with Crippen molar-refractivity contribution in [3.05, 3.63) is 188 Å². The molecule has 8 aromatic carbocycles. The van der Waals surface area contributed by atoms with Gasteiger partial charge < -0.3 is 4.42 Å². The van der Waals surface area contributed by atoms with Crippen LogP contribution >= 0.6 is 11.3 Å². The number of benzene rings is 8. The highest BCUT2D eigenvalue weighted by Crippen LogP contribution is 2.46. The average Bonchev–Trinajstić information content (AvgIpc) is 3.85. The van der Waals surface area contributed by atoms with Gasteiger partial charge in [0.1, 0.15) is 11.2 Å². The Bertz CT molecular complexity index is 3240. The Morgan fingerprint density at radius 1 is 0.339 bits per heavy atom. The Labute approximate surface area is 327 Å². The Balaban J connectivity index is 1.08. The van der Waals surface area contributed by atoms with E-state index in [1.165, 1.54) is 31.3 Å². The van der Waals surface area contributed by atoms with Gasteiger partial charge in [-0.3, -0.25) is 0 Å². The molecule has 262 valence electrons. The van der Waals surface area contributed by atoms with Crippen LogP contribution in [0, 0.1) is 0 Å². The predicted molar refractivity (Wildman–Crippen MR) is 233 cm³/mol. The SMILES string of the molecule is c1ccc(-c2cccc(-c3nc(-c4ccccc4)nc(-c4ccc5c(c4)oc4c(-c6cc(-c7ccccc7)cc7sc8ccccc8c67)cccc45)n3)c2)cc1. The number of fused-ring (bicyclic) bond motifs is 6. The van der Waals surface area contributed by atoms with Crippen molar-refractivity contribution in [1.82, 2.24) is 15.0 Å². The molecule has 11 rings (SSSR count). The van der Waals surface area contributed by atoms with E-state index in [4.69, 9.17) is 19.4 Å². The second-order valence-electron chi connectivity index (χ2n) is 14.0. The van der Waals surface area contributed by atoms with Crippen molar-refractivity contribution in [3.63, 3.8) is 0 Å². The molecule has 0 radical (unpaired) electrons. The summed E-state index contributed by atoms with van der Waals surface area (Å²) < 4.78 is 9.44. The Hall–Kier alpha value is -7.21. The lowest BCUT2D eigenvalue weighted by Crippen LogP contribution is -2.00. The molecule has 0 spiro atoms. The minimum absolute atomic E-state index is 0.587. The molecule has 0 unspecified atom stereocenters.